The van der Waals surface area contributed by atoms with Crippen LogP contribution in [0.4, 0.5) is 5.69 Å². The number of carbonyl (C=O) groups excluding carboxylic acids is 1. The van der Waals surface area contributed by atoms with Crippen molar-refractivity contribution in [1.29, 1.82) is 0 Å². The number of hydrazine groups is 1. The van der Waals surface area contributed by atoms with Gasteiger partial charge in [-0.2, -0.15) is 5.10 Å². The third-order valence-electron chi connectivity index (χ3n) is 3.31. The van der Waals surface area contributed by atoms with Gasteiger partial charge in [0.15, 0.2) is 0 Å². The normalized spacial score (nSPS) is 10.7. The highest BCUT2D eigenvalue weighted by atomic mass is 35.5. The predicted octanol–water partition coefficient (Wildman–Crippen LogP) is 3.93. The number of carbonyl (C=O) groups is 1. The Morgan fingerprint density at radius 2 is 1.75 bits per heavy atom. The van der Waals surface area contributed by atoms with Crippen LogP contribution >= 0.6 is 34.8 Å². The van der Waals surface area contributed by atoms with E-state index in [0.717, 1.165) is 0 Å². The zero-order valence-corrected chi connectivity index (χ0v) is 14.7. The molecule has 0 aliphatic carbocycles. The van der Waals surface area contributed by atoms with Crippen LogP contribution in [0, 0.1) is 0 Å². The van der Waals surface area contributed by atoms with Crippen LogP contribution in [0.3, 0.4) is 0 Å². The number of anilines is 1. The second-order valence-corrected chi connectivity index (χ2v) is 6.17. The van der Waals surface area contributed by atoms with E-state index >= 15 is 0 Å². The Bertz CT molecular complexity index is 866. The Balaban J connectivity index is 1.83. The van der Waals surface area contributed by atoms with Gasteiger partial charge in [-0.1, -0.05) is 34.8 Å². The third-order valence-corrected chi connectivity index (χ3v) is 4.12. The number of rotatable bonds is 4. The first-order valence-electron chi connectivity index (χ1n) is 6.83. The molecular weight excluding hydrogens is 373 g/mol. The quantitative estimate of drug-likeness (QED) is 0.670. The lowest BCUT2D eigenvalue weighted by Gasteiger charge is -2.13. The summed E-state index contributed by atoms with van der Waals surface area (Å²) < 4.78 is 3.40. The van der Waals surface area contributed by atoms with Gasteiger partial charge in [0, 0.05) is 24.5 Å². The number of hydrogen-bond acceptors (Lipinski definition) is 3. The monoisotopic (exact) mass is 383 g/mol. The molecule has 3 rings (SSSR count). The molecule has 0 radical (unpaired) electrons. The number of hydrogen-bond donors (Lipinski definition) is 2. The first kappa shape index (κ1) is 16.7. The van der Waals surface area contributed by atoms with Crippen LogP contribution < -0.4 is 10.9 Å². The maximum Gasteiger partial charge on any atom is 0.275 e. The minimum Gasteiger partial charge on any atom is -0.308 e. The second-order valence-electron chi connectivity index (χ2n) is 4.92. The number of nitrogens with zero attached hydrogens (tertiary/aromatic N) is 3. The molecule has 2 aromatic heterocycles. The summed E-state index contributed by atoms with van der Waals surface area (Å²) in [5.41, 5.74) is 6.04. The van der Waals surface area contributed by atoms with E-state index in [2.05, 4.69) is 16.0 Å². The fourth-order valence-electron chi connectivity index (χ4n) is 2.22. The molecule has 9 heteroatoms. The van der Waals surface area contributed by atoms with Gasteiger partial charge in [0.2, 0.25) is 0 Å². The van der Waals surface area contributed by atoms with Gasteiger partial charge in [-0.15, -0.1) is 0 Å². The van der Waals surface area contributed by atoms with Crippen molar-refractivity contribution in [2.24, 2.45) is 7.05 Å². The minimum atomic E-state index is -0.381. The largest absolute Gasteiger partial charge is 0.308 e. The lowest BCUT2D eigenvalue weighted by molar-refractivity contribution is 0.0962. The van der Waals surface area contributed by atoms with E-state index in [1.54, 1.807) is 16.3 Å². The van der Waals surface area contributed by atoms with Gasteiger partial charge in [-0.3, -0.25) is 20.3 Å². The maximum atomic E-state index is 12.5. The van der Waals surface area contributed by atoms with E-state index < -0.39 is 0 Å². The molecule has 24 heavy (non-hydrogen) atoms. The number of benzene rings is 1. The van der Waals surface area contributed by atoms with Crippen molar-refractivity contribution in [3.05, 3.63) is 63.5 Å². The zero-order chi connectivity index (χ0) is 17.3. The van der Waals surface area contributed by atoms with Gasteiger partial charge < -0.3 is 4.57 Å². The minimum absolute atomic E-state index is 0.296. The van der Waals surface area contributed by atoms with Crippen LogP contribution in [0.5, 0.6) is 0 Å². The fraction of sp³-hybridized carbons (Fsp3) is 0.0667. The Morgan fingerprint density at radius 1 is 1.12 bits per heavy atom. The summed E-state index contributed by atoms with van der Waals surface area (Å²) in [6.45, 7) is 0. The van der Waals surface area contributed by atoms with Crippen molar-refractivity contribution in [3.8, 4) is 5.82 Å². The molecule has 2 N–H and O–H groups in total. The lowest BCUT2D eigenvalue weighted by Crippen LogP contribution is -2.30. The summed E-state index contributed by atoms with van der Waals surface area (Å²) in [5, 5.41) is 5.13. The molecule has 3 aromatic rings. The summed E-state index contributed by atoms with van der Waals surface area (Å²) in [5.74, 6) is 0.251. The Morgan fingerprint density at radius 3 is 2.38 bits per heavy atom. The van der Waals surface area contributed by atoms with Gasteiger partial charge in [0.05, 0.1) is 21.9 Å². The molecule has 0 saturated heterocycles. The van der Waals surface area contributed by atoms with E-state index in [9.17, 15) is 4.79 Å². The van der Waals surface area contributed by atoms with Gasteiger partial charge >= 0.3 is 0 Å². The summed E-state index contributed by atoms with van der Waals surface area (Å²) in [4.78, 5) is 12.5. The number of aromatic nitrogens is 3. The molecule has 0 fully saturated rings. The number of halogens is 3. The Hall–Kier alpha value is -2.15. The van der Waals surface area contributed by atoms with Crippen LogP contribution in [-0.2, 0) is 7.05 Å². The zero-order valence-electron chi connectivity index (χ0n) is 12.4. The standard InChI is InChI=1S/C15H12Cl3N5O/c1-22-15(23-4-2-3-5-23)10(8-19-22)14(24)21-20-13-11(17)6-9(16)7-12(13)18/h2-8,20H,1H3,(H,21,24). The van der Waals surface area contributed by atoms with Crippen molar-refractivity contribution >= 4 is 46.4 Å². The highest BCUT2D eigenvalue weighted by molar-refractivity contribution is 6.41. The highest BCUT2D eigenvalue weighted by Crippen LogP contribution is 2.33. The first-order chi connectivity index (χ1) is 11.5. The van der Waals surface area contributed by atoms with Crippen LogP contribution in [-0.4, -0.2) is 20.3 Å². The molecule has 0 saturated carbocycles. The van der Waals surface area contributed by atoms with Crippen molar-refractivity contribution in [3.63, 3.8) is 0 Å². The van der Waals surface area contributed by atoms with Crippen molar-refractivity contribution in [2.75, 3.05) is 5.43 Å². The van der Waals surface area contributed by atoms with Crippen LogP contribution in [0.15, 0.2) is 42.9 Å². The first-order valence-corrected chi connectivity index (χ1v) is 7.97. The maximum absolute atomic E-state index is 12.5. The molecule has 0 spiro atoms. The molecule has 0 atom stereocenters. The van der Waals surface area contributed by atoms with Crippen molar-refractivity contribution in [2.45, 2.75) is 0 Å². The molecule has 0 bridgehead atoms. The average molecular weight is 385 g/mol. The molecule has 0 unspecified atom stereocenters. The summed E-state index contributed by atoms with van der Waals surface area (Å²) in [6.07, 6.45) is 5.14. The van der Waals surface area contributed by atoms with E-state index in [1.165, 1.54) is 18.3 Å². The molecule has 2 heterocycles. The molecule has 0 aliphatic rings. The number of aryl methyl sites for hydroxylation is 1. The van der Waals surface area contributed by atoms with Gasteiger partial charge in [0.1, 0.15) is 11.4 Å². The van der Waals surface area contributed by atoms with Crippen molar-refractivity contribution in [1.82, 2.24) is 19.8 Å². The van der Waals surface area contributed by atoms with Crippen molar-refractivity contribution < 1.29 is 4.79 Å². The molecular formula is C15H12Cl3N5O. The average Bonchev–Trinajstić information content (AvgIpc) is 3.14. The Labute approximate surface area is 152 Å². The fourth-order valence-corrected chi connectivity index (χ4v) is 3.13. The SMILES string of the molecule is Cn1ncc(C(=O)NNc2c(Cl)cc(Cl)cc2Cl)c1-n1cccc1. The predicted molar refractivity (Wildman–Crippen MR) is 95.1 cm³/mol. The molecule has 1 amide bonds. The van der Waals surface area contributed by atoms with E-state index in [-0.39, 0.29) is 5.91 Å². The van der Waals surface area contributed by atoms with Crippen LogP contribution in [0.1, 0.15) is 10.4 Å². The smallest absolute Gasteiger partial charge is 0.275 e. The topological polar surface area (TPSA) is 63.9 Å². The molecule has 0 aliphatic heterocycles. The summed E-state index contributed by atoms with van der Waals surface area (Å²) >= 11 is 18.0. The molecule has 124 valence electrons. The summed E-state index contributed by atoms with van der Waals surface area (Å²) in [6, 6.07) is 6.78. The van der Waals surface area contributed by atoms with Crippen LogP contribution in [0.2, 0.25) is 15.1 Å². The highest BCUT2D eigenvalue weighted by Gasteiger charge is 2.18. The van der Waals surface area contributed by atoms with Gasteiger partial charge in [-0.25, -0.2) is 0 Å². The van der Waals surface area contributed by atoms with Gasteiger partial charge in [0.25, 0.3) is 5.91 Å². The van der Waals surface area contributed by atoms with Gasteiger partial charge in [-0.05, 0) is 24.3 Å². The number of nitrogens with one attached hydrogen (secondary N) is 2. The lowest BCUT2D eigenvalue weighted by atomic mass is 10.3. The third kappa shape index (κ3) is 3.21. The Kier molecular flexibility index (Phi) is 4.71. The summed E-state index contributed by atoms with van der Waals surface area (Å²) in [7, 11) is 1.76. The van der Waals surface area contributed by atoms with E-state index in [0.29, 0.717) is 32.1 Å². The second kappa shape index (κ2) is 6.76. The molecule has 6 nitrogen and oxygen atoms in total. The van der Waals surface area contributed by atoms with E-state index in [4.69, 9.17) is 34.8 Å². The molecule has 1 aromatic carbocycles. The number of amides is 1. The van der Waals surface area contributed by atoms with Crippen LogP contribution in [0.25, 0.3) is 5.82 Å². The van der Waals surface area contributed by atoms with E-state index in [1.807, 2.05) is 24.5 Å².